The van der Waals surface area contributed by atoms with Crippen molar-refractivity contribution in [3.05, 3.63) is 64.8 Å². The van der Waals surface area contributed by atoms with E-state index in [4.69, 9.17) is 0 Å². The molecule has 0 spiro atoms. The van der Waals surface area contributed by atoms with Gasteiger partial charge in [-0.1, -0.05) is 6.07 Å². The van der Waals surface area contributed by atoms with Crippen LogP contribution in [0.1, 0.15) is 11.1 Å². The van der Waals surface area contributed by atoms with Crippen molar-refractivity contribution in [3.8, 4) is 11.3 Å². The number of aromatic nitrogens is 1. The molecular weight excluding hydrogens is 355 g/mol. The summed E-state index contributed by atoms with van der Waals surface area (Å²) in [5.41, 5.74) is 4.00. The molecule has 2 aromatic carbocycles. The van der Waals surface area contributed by atoms with Crippen LogP contribution >= 0.6 is 23.1 Å². The van der Waals surface area contributed by atoms with E-state index in [9.17, 15) is 9.18 Å². The van der Waals surface area contributed by atoms with Crippen LogP contribution in [0.4, 0.5) is 9.52 Å². The van der Waals surface area contributed by atoms with Crippen LogP contribution in [0.2, 0.25) is 0 Å². The number of nitrogens with one attached hydrogen (secondary N) is 1. The highest BCUT2D eigenvalue weighted by atomic mass is 32.2. The molecular formula is C19H17FN2OS2. The van der Waals surface area contributed by atoms with Crippen LogP contribution in [0.3, 0.4) is 0 Å². The number of hydrogen-bond acceptors (Lipinski definition) is 4. The summed E-state index contributed by atoms with van der Waals surface area (Å²) >= 11 is 2.86. The fraction of sp³-hybridized carbons (Fsp3) is 0.158. The van der Waals surface area contributed by atoms with E-state index in [1.807, 2.05) is 11.4 Å². The van der Waals surface area contributed by atoms with Gasteiger partial charge in [-0.05, 0) is 61.4 Å². The Morgan fingerprint density at radius 1 is 1.16 bits per heavy atom. The van der Waals surface area contributed by atoms with Crippen LogP contribution in [0.25, 0.3) is 11.3 Å². The molecule has 0 aliphatic heterocycles. The fourth-order valence-corrected chi connectivity index (χ4v) is 3.72. The minimum absolute atomic E-state index is 0.0942. The lowest BCUT2D eigenvalue weighted by atomic mass is 10.1. The number of thiazole rings is 1. The number of benzene rings is 2. The van der Waals surface area contributed by atoms with Crippen LogP contribution in [0, 0.1) is 19.7 Å². The Bertz CT molecular complexity index is 891. The molecule has 0 atom stereocenters. The van der Waals surface area contributed by atoms with Gasteiger partial charge < -0.3 is 5.32 Å². The van der Waals surface area contributed by atoms with Gasteiger partial charge in [-0.15, -0.1) is 23.1 Å². The van der Waals surface area contributed by atoms with Gasteiger partial charge in [0.2, 0.25) is 5.91 Å². The molecule has 0 aliphatic rings. The number of amides is 1. The Labute approximate surface area is 154 Å². The van der Waals surface area contributed by atoms with E-state index in [0.29, 0.717) is 10.9 Å². The molecule has 1 heterocycles. The summed E-state index contributed by atoms with van der Waals surface area (Å²) in [5, 5.41) is 5.21. The summed E-state index contributed by atoms with van der Waals surface area (Å²) in [6, 6.07) is 12.3. The predicted molar refractivity (Wildman–Crippen MR) is 103 cm³/mol. The SMILES string of the molecule is Cc1ccc(SCC(=O)Nc2nc(-c3ccc(F)cc3)cs2)cc1C. The maximum absolute atomic E-state index is 13.0. The highest BCUT2D eigenvalue weighted by Crippen LogP contribution is 2.26. The van der Waals surface area contributed by atoms with E-state index in [-0.39, 0.29) is 11.7 Å². The number of aryl methyl sites for hydroxylation is 2. The van der Waals surface area contributed by atoms with Gasteiger partial charge in [0.1, 0.15) is 5.82 Å². The van der Waals surface area contributed by atoms with Gasteiger partial charge in [-0.2, -0.15) is 0 Å². The van der Waals surface area contributed by atoms with Gasteiger partial charge in [-0.25, -0.2) is 9.37 Å². The normalized spacial score (nSPS) is 10.7. The van der Waals surface area contributed by atoms with Gasteiger partial charge >= 0.3 is 0 Å². The average Bonchev–Trinajstić information content (AvgIpc) is 3.05. The zero-order valence-corrected chi connectivity index (χ0v) is 15.5. The molecule has 0 unspecified atom stereocenters. The zero-order valence-electron chi connectivity index (χ0n) is 13.9. The van der Waals surface area contributed by atoms with E-state index in [1.165, 1.54) is 46.4 Å². The third-order valence-corrected chi connectivity index (χ3v) is 5.49. The number of carbonyl (C=O) groups excluding carboxylic acids is 1. The molecule has 6 heteroatoms. The Balaban J connectivity index is 1.58. The fourth-order valence-electron chi connectivity index (χ4n) is 2.19. The Morgan fingerprint density at radius 2 is 1.92 bits per heavy atom. The van der Waals surface area contributed by atoms with Crippen molar-refractivity contribution in [1.29, 1.82) is 0 Å². The topological polar surface area (TPSA) is 42.0 Å². The van der Waals surface area contributed by atoms with Gasteiger partial charge in [-0.3, -0.25) is 4.79 Å². The summed E-state index contributed by atoms with van der Waals surface area (Å²) in [6.45, 7) is 4.13. The highest BCUT2D eigenvalue weighted by Gasteiger charge is 2.09. The van der Waals surface area contributed by atoms with Crippen LogP contribution in [-0.4, -0.2) is 16.6 Å². The Kier molecular flexibility index (Phi) is 5.50. The minimum Gasteiger partial charge on any atom is -0.301 e. The summed E-state index contributed by atoms with van der Waals surface area (Å²) in [5.74, 6) is -0.0485. The maximum atomic E-state index is 13.0. The molecule has 3 aromatic rings. The number of anilines is 1. The lowest BCUT2D eigenvalue weighted by Gasteiger charge is -2.05. The summed E-state index contributed by atoms with van der Waals surface area (Å²) in [7, 11) is 0. The zero-order chi connectivity index (χ0) is 17.8. The van der Waals surface area contributed by atoms with Crippen molar-refractivity contribution in [1.82, 2.24) is 4.98 Å². The molecule has 1 N–H and O–H groups in total. The largest absolute Gasteiger partial charge is 0.301 e. The number of thioether (sulfide) groups is 1. The van der Waals surface area contributed by atoms with Crippen LogP contribution in [0.15, 0.2) is 52.7 Å². The van der Waals surface area contributed by atoms with E-state index < -0.39 is 0 Å². The number of halogens is 1. The molecule has 0 aliphatic carbocycles. The monoisotopic (exact) mass is 372 g/mol. The molecule has 1 aromatic heterocycles. The number of hydrogen-bond donors (Lipinski definition) is 1. The maximum Gasteiger partial charge on any atom is 0.236 e. The molecule has 0 saturated heterocycles. The van der Waals surface area contributed by atoms with Crippen LogP contribution in [-0.2, 0) is 4.79 Å². The minimum atomic E-state index is -0.282. The van der Waals surface area contributed by atoms with Gasteiger partial charge in [0.05, 0.1) is 11.4 Å². The van der Waals surface area contributed by atoms with Crippen molar-refractivity contribution in [2.45, 2.75) is 18.7 Å². The molecule has 0 saturated carbocycles. The lowest BCUT2D eigenvalue weighted by molar-refractivity contribution is -0.113. The van der Waals surface area contributed by atoms with E-state index in [1.54, 1.807) is 12.1 Å². The molecule has 0 bridgehead atoms. The van der Waals surface area contributed by atoms with Crippen molar-refractivity contribution in [2.24, 2.45) is 0 Å². The standard InChI is InChI=1S/C19H17FN2OS2/c1-12-3-8-16(9-13(12)2)24-11-18(23)22-19-21-17(10-25-19)14-4-6-15(20)7-5-14/h3-10H,11H2,1-2H3,(H,21,22,23). The van der Waals surface area contributed by atoms with E-state index in [0.717, 1.165) is 16.2 Å². The van der Waals surface area contributed by atoms with Gasteiger partial charge in [0, 0.05) is 15.8 Å². The first-order valence-electron chi connectivity index (χ1n) is 7.72. The van der Waals surface area contributed by atoms with Crippen molar-refractivity contribution in [3.63, 3.8) is 0 Å². The predicted octanol–water partition coefficient (Wildman–Crippen LogP) is 5.30. The summed E-state index contributed by atoms with van der Waals surface area (Å²) in [6.07, 6.45) is 0. The molecule has 0 radical (unpaired) electrons. The van der Waals surface area contributed by atoms with Gasteiger partial charge in [0.25, 0.3) is 0 Å². The van der Waals surface area contributed by atoms with E-state index >= 15 is 0 Å². The third-order valence-electron chi connectivity index (χ3n) is 3.74. The lowest BCUT2D eigenvalue weighted by Crippen LogP contribution is -2.13. The molecule has 0 fully saturated rings. The molecule has 25 heavy (non-hydrogen) atoms. The van der Waals surface area contributed by atoms with Crippen LogP contribution in [0.5, 0.6) is 0 Å². The van der Waals surface area contributed by atoms with Crippen molar-refractivity contribution in [2.75, 3.05) is 11.1 Å². The first-order valence-corrected chi connectivity index (χ1v) is 9.59. The quantitative estimate of drug-likeness (QED) is 0.618. The summed E-state index contributed by atoms with van der Waals surface area (Å²) < 4.78 is 13.0. The van der Waals surface area contributed by atoms with E-state index in [2.05, 4.69) is 36.3 Å². The van der Waals surface area contributed by atoms with Crippen molar-refractivity contribution >= 4 is 34.1 Å². The Morgan fingerprint density at radius 3 is 2.64 bits per heavy atom. The molecule has 3 nitrogen and oxygen atoms in total. The third kappa shape index (κ3) is 4.67. The number of carbonyl (C=O) groups is 1. The smallest absolute Gasteiger partial charge is 0.236 e. The molecule has 1 amide bonds. The second-order valence-corrected chi connectivity index (χ2v) is 7.53. The summed E-state index contributed by atoms with van der Waals surface area (Å²) in [4.78, 5) is 17.6. The van der Waals surface area contributed by atoms with Crippen molar-refractivity contribution < 1.29 is 9.18 Å². The first-order chi connectivity index (χ1) is 12.0. The highest BCUT2D eigenvalue weighted by molar-refractivity contribution is 8.00. The molecule has 3 rings (SSSR count). The Hall–Kier alpha value is -2.18. The van der Waals surface area contributed by atoms with Crippen LogP contribution < -0.4 is 5.32 Å². The molecule has 128 valence electrons. The second kappa shape index (κ2) is 7.80. The first kappa shape index (κ1) is 17.6. The number of nitrogens with zero attached hydrogens (tertiary/aromatic N) is 1. The van der Waals surface area contributed by atoms with Gasteiger partial charge in [0.15, 0.2) is 5.13 Å². The second-order valence-electron chi connectivity index (χ2n) is 5.63. The number of rotatable bonds is 5. The average molecular weight is 372 g/mol.